The van der Waals surface area contributed by atoms with Crippen LogP contribution in [0.4, 0.5) is 0 Å². The van der Waals surface area contributed by atoms with Gasteiger partial charge in [0.15, 0.2) is 0 Å². The number of hydrogen-bond donors (Lipinski definition) is 1. The zero-order chi connectivity index (χ0) is 14.4. The van der Waals surface area contributed by atoms with Crippen molar-refractivity contribution in [2.24, 2.45) is 5.73 Å². The van der Waals surface area contributed by atoms with Crippen molar-refractivity contribution < 1.29 is 0 Å². The minimum Gasteiger partial charge on any atom is -0.323 e. The third-order valence-corrected chi connectivity index (χ3v) is 5.23. The number of fused-ring (bicyclic) bond motifs is 2. The molecule has 2 aliphatic rings. The van der Waals surface area contributed by atoms with Gasteiger partial charge in [-0.25, -0.2) is 0 Å². The Labute approximate surface area is 126 Å². The number of hydrogen-bond acceptors (Lipinski definition) is 2. The van der Waals surface area contributed by atoms with Gasteiger partial charge in [-0.3, -0.25) is 4.90 Å². The molecule has 2 heteroatoms. The normalized spacial score (nSPS) is 28.2. The zero-order valence-electron chi connectivity index (χ0n) is 12.5. The van der Waals surface area contributed by atoms with Gasteiger partial charge in [0.2, 0.25) is 0 Å². The van der Waals surface area contributed by atoms with E-state index in [1.165, 1.54) is 22.3 Å². The van der Waals surface area contributed by atoms with Gasteiger partial charge in [-0.1, -0.05) is 55.5 Å². The predicted octanol–water partition coefficient (Wildman–Crippen LogP) is 3.58. The first kappa shape index (κ1) is 13.1. The van der Waals surface area contributed by atoms with Crippen molar-refractivity contribution in [2.45, 2.75) is 44.4 Å². The third-order valence-electron chi connectivity index (χ3n) is 5.23. The van der Waals surface area contributed by atoms with Gasteiger partial charge in [0.25, 0.3) is 0 Å². The standard InChI is InChI=1S/C19H22N2/c1-13-10-18(19(20)17-9-5-4-8-16(13)17)21-11-14-6-2-3-7-15(14)12-21/h2-9,13,18-19H,10-12,20H2,1H3. The molecule has 108 valence electrons. The van der Waals surface area contributed by atoms with Crippen LogP contribution in [0.5, 0.6) is 0 Å². The van der Waals surface area contributed by atoms with Crippen LogP contribution in [0.3, 0.4) is 0 Å². The molecule has 4 rings (SSSR count). The summed E-state index contributed by atoms with van der Waals surface area (Å²) in [7, 11) is 0. The lowest BCUT2D eigenvalue weighted by Gasteiger charge is -2.40. The smallest absolute Gasteiger partial charge is 0.0456 e. The lowest BCUT2D eigenvalue weighted by molar-refractivity contribution is 0.147. The molecule has 2 aromatic rings. The van der Waals surface area contributed by atoms with Gasteiger partial charge >= 0.3 is 0 Å². The molecule has 2 N–H and O–H groups in total. The van der Waals surface area contributed by atoms with Gasteiger partial charge in [-0.15, -0.1) is 0 Å². The number of rotatable bonds is 1. The van der Waals surface area contributed by atoms with Crippen molar-refractivity contribution in [3.63, 3.8) is 0 Å². The lowest BCUT2D eigenvalue weighted by atomic mass is 9.78. The van der Waals surface area contributed by atoms with E-state index in [1.54, 1.807) is 0 Å². The minimum absolute atomic E-state index is 0.131. The Kier molecular flexibility index (Phi) is 3.09. The van der Waals surface area contributed by atoms with Crippen molar-refractivity contribution in [1.29, 1.82) is 0 Å². The van der Waals surface area contributed by atoms with E-state index < -0.39 is 0 Å². The molecule has 0 saturated carbocycles. The molecular formula is C19H22N2. The average Bonchev–Trinajstić information content (AvgIpc) is 2.94. The molecule has 3 atom stereocenters. The second-order valence-corrected chi connectivity index (χ2v) is 6.53. The maximum absolute atomic E-state index is 6.63. The summed E-state index contributed by atoms with van der Waals surface area (Å²) in [5.74, 6) is 0.592. The summed E-state index contributed by atoms with van der Waals surface area (Å²) in [4.78, 5) is 2.57. The first-order chi connectivity index (χ1) is 10.2. The zero-order valence-corrected chi connectivity index (χ0v) is 12.5. The summed E-state index contributed by atoms with van der Waals surface area (Å²) in [5, 5.41) is 0. The molecule has 0 spiro atoms. The third kappa shape index (κ3) is 2.10. The fraction of sp³-hybridized carbons (Fsp3) is 0.368. The van der Waals surface area contributed by atoms with Gasteiger partial charge in [0, 0.05) is 25.2 Å². The first-order valence-corrected chi connectivity index (χ1v) is 7.89. The van der Waals surface area contributed by atoms with Crippen molar-refractivity contribution in [3.05, 3.63) is 70.8 Å². The average molecular weight is 278 g/mol. The largest absolute Gasteiger partial charge is 0.323 e. The molecule has 0 saturated heterocycles. The van der Waals surface area contributed by atoms with Crippen molar-refractivity contribution in [3.8, 4) is 0 Å². The van der Waals surface area contributed by atoms with Crippen molar-refractivity contribution in [1.82, 2.24) is 4.90 Å². The van der Waals surface area contributed by atoms with E-state index in [2.05, 4.69) is 60.4 Å². The van der Waals surface area contributed by atoms with E-state index >= 15 is 0 Å². The molecule has 0 aromatic heterocycles. The molecule has 0 radical (unpaired) electrons. The highest BCUT2D eigenvalue weighted by Crippen LogP contribution is 2.40. The van der Waals surface area contributed by atoms with Gasteiger partial charge in [0.1, 0.15) is 0 Å². The summed E-state index contributed by atoms with van der Waals surface area (Å²) < 4.78 is 0. The Bertz CT molecular complexity index is 639. The molecule has 3 unspecified atom stereocenters. The molecular weight excluding hydrogens is 256 g/mol. The predicted molar refractivity (Wildman–Crippen MR) is 85.9 cm³/mol. The summed E-state index contributed by atoms with van der Waals surface area (Å²) in [6.45, 7) is 4.42. The summed E-state index contributed by atoms with van der Waals surface area (Å²) in [5.41, 5.74) is 12.4. The molecule has 21 heavy (non-hydrogen) atoms. The second kappa shape index (κ2) is 4.97. The molecule has 1 heterocycles. The maximum Gasteiger partial charge on any atom is 0.0456 e. The minimum atomic E-state index is 0.131. The Morgan fingerprint density at radius 2 is 1.48 bits per heavy atom. The highest BCUT2D eigenvalue weighted by atomic mass is 15.2. The Morgan fingerprint density at radius 1 is 0.905 bits per heavy atom. The molecule has 1 aliphatic carbocycles. The fourth-order valence-corrected chi connectivity index (χ4v) is 4.08. The maximum atomic E-state index is 6.63. The topological polar surface area (TPSA) is 29.3 Å². The summed E-state index contributed by atoms with van der Waals surface area (Å²) in [6, 6.07) is 18.1. The van der Waals surface area contributed by atoms with Gasteiger partial charge in [-0.2, -0.15) is 0 Å². The quantitative estimate of drug-likeness (QED) is 0.864. The summed E-state index contributed by atoms with van der Waals surface area (Å²) >= 11 is 0. The van der Waals surface area contributed by atoms with Crippen LogP contribution in [0.15, 0.2) is 48.5 Å². The van der Waals surface area contributed by atoms with Crippen molar-refractivity contribution in [2.75, 3.05) is 0 Å². The molecule has 1 aliphatic heterocycles. The highest BCUT2D eigenvalue weighted by Gasteiger charge is 2.36. The number of nitrogens with two attached hydrogens (primary N) is 1. The summed E-state index contributed by atoms with van der Waals surface area (Å²) in [6.07, 6.45) is 1.16. The van der Waals surface area contributed by atoms with Crippen LogP contribution in [-0.2, 0) is 13.1 Å². The number of nitrogens with zero attached hydrogens (tertiary/aromatic N) is 1. The Morgan fingerprint density at radius 3 is 2.14 bits per heavy atom. The molecule has 2 nitrogen and oxygen atoms in total. The monoisotopic (exact) mass is 278 g/mol. The first-order valence-electron chi connectivity index (χ1n) is 7.89. The van der Waals surface area contributed by atoms with Crippen LogP contribution < -0.4 is 5.73 Å². The van der Waals surface area contributed by atoms with Gasteiger partial charge < -0.3 is 5.73 Å². The highest BCUT2D eigenvalue weighted by molar-refractivity contribution is 5.37. The van der Waals surface area contributed by atoms with Crippen LogP contribution >= 0.6 is 0 Å². The van der Waals surface area contributed by atoms with E-state index in [-0.39, 0.29) is 6.04 Å². The van der Waals surface area contributed by atoms with Crippen LogP contribution in [-0.4, -0.2) is 10.9 Å². The Balaban J connectivity index is 1.64. The van der Waals surface area contributed by atoms with Crippen LogP contribution in [0.1, 0.15) is 47.6 Å². The second-order valence-electron chi connectivity index (χ2n) is 6.53. The Hall–Kier alpha value is -1.64. The van der Waals surface area contributed by atoms with Crippen LogP contribution in [0.25, 0.3) is 0 Å². The van der Waals surface area contributed by atoms with Gasteiger partial charge in [-0.05, 0) is 34.6 Å². The molecule has 0 amide bonds. The molecule has 0 bridgehead atoms. The lowest BCUT2D eigenvalue weighted by Crippen LogP contribution is -2.43. The SMILES string of the molecule is CC1CC(N2Cc3ccccc3C2)C(N)c2ccccc21. The molecule has 0 fully saturated rings. The van der Waals surface area contributed by atoms with E-state index in [0.717, 1.165) is 19.5 Å². The van der Waals surface area contributed by atoms with Crippen LogP contribution in [0.2, 0.25) is 0 Å². The van der Waals surface area contributed by atoms with E-state index in [1.807, 2.05) is 0 Å². The molecule has 2 aromatic carbocycles. The fourth-order valence-electron chi connectivity index (χ4n) is 4.08. The number of benzene rings is 2. The van der Waals surface area contributed by atoms with Crippen LogP contribution in [0, 0.1) is 0 Å². The van der Waals surface area contributed by atoms with E-state index in [4.69, 9.17) is 5.73 Å². The van der Waals surface area contributed by atoms with Crippen molar-refractivity contribution >= 4 is 0 Å². The van der Waals surface area contributed by atoms with E-state index in [0.29, 0.717) is 12.0 Å². The van der Waals surface area contributed by atoms with Gasteiger partial charge in [0.05, 0.1) is 0 Å². The van der Waals surface area contributed by atoms with E-state index in [9.17, 15) is 0 Å².